The van der Waals surface area contributed by atoms with Gasteiger partial charge < -0.3 is 30.0 Å². The van der Waals surface area contributed by atoms with E-state index in [1.807, 2.05) is 30.3 Å². The zero-order valence-electron chi connectivity index (χ0n) is 23.2. The number of fused-ring (bicyclic) bond motifs is 1. The van der Waals surface area contributed by atoms with E-state index in [1.165, 1.54) is 0 Å². The van der Waals surface area contributed by atoms with Crippen LogP contribution in [0.15, 0.2) is 60.9 Å². The summed E-state index contributed by atoms with van der Waals surface area (Å²) in [6, 6.07) is 14.5. The lowest BCUT2D eigenvalue weighted by atomic mass is 9.99. The number of carbonyl (C=O) groups is 2. The van der Waals surface area contributed by atoms with Gasteiger partial charge in [0.25, 0.3) is 11.8 Å². The van der Waals surface area contributed by atoms with Gasteiger partial charge in [0, 0.05) is 37.6 Å². The van der Waals surface area contributed by atoms with Crippen molar-refractivity contribution in [3.05, 3.63) is 77.7 Å². The number of ether oxygens (including phenoxy) is 3. The van der Waals surface area contributed by atoms with Crippen molar-refractivity contribution >= 4 is 28.3 Å². The number of amides is 2. The van der Waals surface area contributed by atoms with Crippen LogP contribution in [-0.2, 0) is 16.0 Å². The van der Waals surface area contributed by atoms with Gasteiger partial charge in [-0.25, -0.2) is 9.67 Å². The molecule has 220 valence electrons. The highest BCUT2D eigenvalue weighted by Gasteiger charge is 2.21. The number of aromatic nitrogens is 4. The molecule has 2 amide bonds. The number of nitrogens with zero attached hydrogens (tertiary/aromatic N) is 4. The molecule has 2 aromatic carbocycles. The minimum atomic E-state index is -0.410. The van der Waals surface area contributed by atoms with E-state index >= 15 is 0 Å². The monoisotopic (exact) mass is 574 g/mol. The Balaban J connectivity index is 1.36. The molecule has 0 bridgehead atoms. The molecule has 0 aliphatic carbocycles. The van der Waals surface area contributed by atoms with E-state index in [-0.39, 0.29) is 49.6 Å². The lowest BCUT2D eigenvalue weighted by Crippen LogP contribution is -2.33. The number of nitrogens with one attached hydrogen (secondary N) is 2. The van der Waals surface area contributed by atoms with Crippen LogP contribution < -0.4 is 15.4 Å². The predicted octanol–water partition coefficient (Wildman–Crippen LogP) is 2.67. The minimum absolute atomic E-state index is 0.0521. The Kier molecular flexibility index (Phi) is 10.0. The lowest BCUT2D eigenvalue weighted by Gasteiger charge is -2.22. The molecular formula is C30H34N6O6. The Morgan fingerprint density at radius 3 is 2.62 bits per heavy atom. The highest BCUT2D eigenvalue weighted by atomic mass is 16.5. The smallest absolute Gasteiger partial charge is 0.272 e. The molecule has 0 saturated carbocycles. The molecule has 5 rings (SSSR count). The summed E-state index contributed by atoms with van der Waals surface area (Å²) in [4.78, 5) is 31.4. The van der Waals surface area contributed by atoms with Crippen molar-refractivity contribution in [3.8, 4) is 5.88 Å². The third-order valence-electron chi connectivity index (χ3n) is 7.00. The van der Waals surface area contributed by atoms with E-state index in [4.69, 9.17) is 19.3 Å². The first-order chi connectivity index (χ1) is 20.6. The average molecular weight is 575 g/mol. The number of pyridine rings is 1. The van der Waals surface area contributed by atoms with Crippen LogP contribution in [0.4, 0.5) is 5.69 Å². The van der Waals surface area contributed by atoms with Crippen LogP contribution in [0, 0.1) is 5.92 Å². The summed E-state index contributed by atoms with van der Waals surface area (Å²) in [5, 5.41) is 24.3. The van der Waals surface area contributed by atoms with Crippen molar-refractivity contribution in [3.63, 3.8) is 0 Å². The van der Waals surface area contributed by atoms with Gasteiger partial charge in [0.1, 0.15) is 6.61 Å². The van der Waals surface area contributed by atoms with Gasteiger partial charge in [-0.2, -0.15) is 0 Å². The van der Waals surface area contributed by atoms with Gasteiger partial charge >= 0.3 is 0 Å². The number of benzene rings is 2. The molecule has 12 nitrogen and oxygen atoms in total. The Bertz CT molecular complexity index is 1490. The van der Waals surface area contributed by atoms with Crippen LogP contribution in [0.3, 0.4) is 0 Å². The quantitative estimate of drug-likeness (QED) is 0.205. The average Bonchev–Trinajstić information content (AvgIpc) is 3.54. The maximum absolute atomic E-state index is 13.6. The largest absolute Gasteiger partial charge is 0.475 e. The summed E-state index contributed by atoms with van der Waals surface area (Å²) in [6.07, 6.45) is 5.14. The van der Waals surface area contributed by atoms with E-state index in [2.05, 4.69) is 25.9 Å². The second-order valence-corrected chi connectivity index (χ2v) is 9.87. The van der Waals surface area contributed by atoms with Crippen LogP contribution in [0.1, 0.15) is 39.3 Å². The fourth-order valence-corrected chi connectivity index (χ4v) is 4.82. The molecule has 1 aliphatic rings. The fraction of sp³-hybridized carbons (Fsp3) is 0.367. The first-order valence-electron chi connectivity index (χ1n) is 14.0. The van der Waals surface area contributed by atoms with Gasteiger partial charge in [0.2, 0.25) is 5.88 Å². The predicted molar refractivity (Wildman–Crippen MR) is 155 cm³/mol. The SMILES string of the molecule is O=C(NCC1CCOCC1)c1nc(OCCOCCO)ccc1NC(=O)c1ccc(Cn2ccnn2)c2ccccc12. The van der Waals surface area contributed by atoms with Crippen LogP contribution >= 0.6 is 0 Å². The molecule has 4 aromatic rings. The maximum atomic E-state index is 13.6. The van der Waals surface area contributed by atoms with Crippen LogP contribution in [0.5, 0.6) is 5.88 Å². The van der Waals surface area contributed by atoms with Gasteiger partial charge in [0.05, 0.1) is 38.2 Å². The molecule has 3 N–H and O–H groups in total. The highest BCUT2D eigenvalue weighted by molar-refractivity contribution is 6.15. The standard InChI is InChI=1S/C30H34N6O6/c37-13-16-41-17-18-42-27-8-7-26(28(34-27)30(39)31-19-21-9-14-40-15-10-21)33-29(38)25-6-5-22(20-36-12-11-32-35-36)23-3-1-2-4-24(23)25/h1-8,11-12,21,37H,9-10,13-20H2,(H,31,39)(H,33,38). The molecule has 0 spiro atoms. The molecular weight excluding hydrogens is 540 g/mol. The molecule has 0 atom stereocenters. The fourth-order valence-electron chi connectivity index (χ4n) is 4.82. The minimum Gasteiger partial charge on any atom is -0.475 e. The van der Waals surface area contributed by atoms with Crippen molar-refractivity contribution in [1.29, 1.82) is 0 Å². The Morgan fingerprint density at radius 1 is 1.00 bits per heavy atom. The number of rotatable bonds is 13. The van der Waals surface area contributed by atoms with Crippen molar-refractivity contribution in [1.82, 2.24) is 25.3 Å². The molecule has 1 aliphatic heterocycles. The van der Waals surface area contributed by atoms with Gasteiger partial charge in [-0.15, -0.1) is 5.10 Å². The first-order valence-corrected chi connectivity index (χ1v) is 14.0. The molecule has 42 heavy (non-hydrogen) atoms. The third kappa shape index (κ3) is 7.46. The summed E-state index contributed by atoms with van der Waals surface area (Å²) >= 11 is 0. The second-order valence-electron chi connectivity index (χ2n) is 9.87. The maximum Gasteiger partial charge on any atom is 0.272 e. The van der Waals surface area contributed by atoms with Crippen molar-refractivity contribution in [2.24, 2.45) is 5.92 Å². The first kappa shape index (κ1) is 29.1. The number of aliphatic hydroxyl groups is 1. The van der Waals surface area contributed by atoms with Gasteiger partial charge in [-0.3, -0.25) is 9.59 Å². The second kappa shape index (κ2) is 14.5. The molecule has 0 unspecified atom stereocenters. The van der Waals surface area contributed by atoms with E-state index < -0.39 is 5.91 Å². The summed E-state index contributed by atoms with van der Waals surface area (Å²) in [5.74, 6) is -0.248. The number of carbonyl (C=O) groups excluding carboxylic acids is 2. The summed E-state index contributed by atoms with van der Waals surface area (Å²) in [7, 11) is 0. The van der Waals surface area contributed by atoms with E-state index in [0.29, 0.717) is 37.8 Å². The zero-order valence-corrected chi connectivity index (χ0v) is 23.2. The van der Waals surface area contributed by atoms with Crippen molar-refractivity contribution < 1.29 is 28.9 Å². The highest BCUT2D eigenvalue weighted by Crippen LogP contribution is 2.26. The molecule has 1 saturated heterocycles. The van der Waals surface area contributed by atoms with Crippen molar-refractivity contribution in [2.45, 2.75) is 19.4 Å². The van der Waals surface area contributed by atoms with Gasteiger partial charge in [-0.1, -0.05) is 35.5 Å². The van der Waals surface area contributed by atoms with E-state index in [1.54, 1.807) is 35.3 Å². The lowest BCUT2D eigenvalue weighted by molar-refractivity contribution is 0.0641. The molecule has 1 fully saturated rings. The van der Waals surface area contributed by atoms with Crippen LogP contribution in [0.2, 0.25) is 0 Å². The van der Waals surface area contributed by atoms with Gasteiger partial charge in [0.15, 0.2) is 5.69 Å². The zero-order chi connectivity index (χ0) is 29.1. The van der Waals surface area contributed by atoms with E-state index in [0.717, 1.165) is 29.2 Å². The van der Waals surface area contributed by atoms with Crippen molar-refractivity contribution in [2.75, 3.05) is 51.5 Å². The molecule has 12 heteroatoms. The number of anilines is 1. The van der Waals surface area contributed by atoms with Crippen LogP contribution in [0.25, 0.3) is 10.8 Å². The Hall–Kier alpha value is -4.39. The Morgan fingerprint density at radius 2 is 1.83 bits per heavy atom. The summed E-state index contributed by atoms with van der Waals surface area (Å²) in [6.45, 7) is 2.91. The summed E-state index contributed by atoms with van der Waals surface area (Å²) in [5.41, 5.74) is 1.77. The van der Waals surface area contributed by atoms with Gasteiger partial charge in [-0.05, 0) is 47.2 Å². The van der Waals surface area contributed by atoms with E-state index in [9.17, 15) is 9.59 Å². The number of hydrogen-bond donors (Lipinski definition) is 3. The third-order valence-corrected chi connectivity index (χ3v) is 7.00. The molecule has 0 radical (unpaired) electrons. The molecule has 2 aromatic heterocycles. The topological polar surface area (TPSA) is 150 Å². The molecule has 3 heterocycles. The Labute approximate surface area is 243 Å². The number of hydrogen-bond acceptors (Lipinski definition) is 9. The normalized spacial score (nSPS) is 13.6. The van der Waals surface area contributed by atoms with Crippen LogP contribution in [-0.4, -0.2) is 83.1 Å². The number of aliphatic hydroxyl groups excluding tert-OH is 1. The summed E-state index contributed by atoms with van der Waals surface area (Å²) < 4.78 is 18.0.